The van der Waals surface area contributed by atoms with E-state index in [0.29, 0.717) is 12.8 Å². The highest BCUT2D eigenvalue weighted by molar-refractivity contribution is 5.80. The fourth-order valence-electron chi connectivity index (χ4n) is 1.45. The number of aryl methyl sites for hydroxylation is 1. The van der Waals surface area contributed by atoms with E-state index in [2.05, 4.69) is 4.98 Å². The highest BCUT2D eigenvalue weighted by atomic mass is 16.1. The van der Waals surface area contributed by atoms with Crippen LogP contribution in [0.2, 0.25) is 0 Å². The summed E-state index contributed by atoms with van der Waals surface area (Å²) in [6.07, 6.45) is 6.39. The van der Waals surface area contributed by atoms with Gasteiger partial charge in [0.2, 0.25) is 0 Å². The van der Waals surface area contributed by atoms with E-state index >= 15 is 0 Å². The molecule has 0 amide bonds. The minimum Gasteiger partial charge on any atom is -0.338 e. The van der Waals surface area contributed by atoms with Crippen molar-refractivity contribution >= 4 is 5.78 Å². The third-order valence-electron chi connectivity index (χ3n) is 2.39. The molecule has 0 aliphatic rings. The van der Waals surface area contributed by atoms with Crippen LogP contribution in [-0.4, -0.2) is 21.4 Å². The number of rotatable bonds is 6. The SMILES string of the molecule is CC(N)CCCC(=O)Cc1nccn1C. The maximum atomic E-state index is 11.5. The summed E-state index contributed by atoms with van der Waals surface area (Å²) in [4.78, 5) is 15.7. The van der Waals surface area contributed by atoms with E-state index < -0.39 is 0 Å². The van der Waals surface area contributed by atoms with Crippen molar-refractivity contribution in [2.75, 3.05) is 0 Å². The predicted octanol–water partition coefficient (Wildman–Crippen LogP) is 1.05. The summed E-state index contributed by atoms with van der Waals surface area (Å²) in [5.74, 6) is 1.07. The van der Waals surface area contributed by atoms with Gasteiger partial charge in [0.25, 0.3) is 0 Å². The van der Waals surface area contributed by atoms with E-state index in [1.165, 1.54) is 0 Å². The van der Waals surface area contributed by atoms with E-state index in [9.17, 15) is 4.79 Å². The molecule has 15 heavy (non-hydrogen) atoms. The molecule has 0 aliphatic heterocycles. The van der Waals surface area contributed by atoms with Crippen LogP contribution in [-0.2, 0) is 18.3 Å². The molecule has 0 aromatic carbocycles. The Kier molecular flexibility index (Phi) is 4.49. The van der Waals surface area contributed by atoms with Gasteiger partial charge in [0.05, 0.1) is 6.42 Å². The second-order valence-corrected chi connectivity index (χ2v) is 4.04. The largest absolute Gasteiger partial charge is 0.338 e. The van der Waals surface area contributed by atoms with Crippen molar-refractivity contribution in [1.29, 1.82) is 0 Å². The molecule has 0 spiro atoms. The first-order valence-electron chi connectivity index (χ1n) is 5.33. The Labute approximate surface area is 90.5 Å². The van der Waals surface area contributed by atoms with Gasteiger partial charge in [-0.1, -0.05) is 0 Å². The Morgan fingerprint density at radius 3 is 2.93 bits per heavy atom. The fourth-order valence-corrected chi connectivity index (χ4v) is 1.45. The highest BCUT2D eigenvalue weighted by Crippen LogP contribution is 2.03. The monoisotopic (exact) mass is 209 g/mol. The molecule has 0 saturated carbocycles. The average molecular weight is 209 g/mol. The molecule has 0 bridgehead atoms. The lowest BCUT2D eigenvalue weighted by Gasteiger charge is -2.04. The summed E-state index contributed by atoms with van der Waals surface area (Å²) >= 11 is 0. The highest BCUT2D eigenvalue weighted by Gasteiger charge is 2.07. The van der Waals surface area contributed by atoms with Crippen LogP contribution in [0.4, 0.5) is 0 Å². The van der Waals surface area contributed by atoms with Crippen LogP contribution in [0.25, 0.3) is 0 Å². The maximum absolute atomic E-state index is 11.5. The number of nitrogens with two attached hydrogens (primary N) is 1. The van der Waals surface area contributed by atoms with Gasteiger partial charge in [-0.3, -0.25) is 4.79 Å². The average Bonchev–Trinajstić information content (AvgIpc) is 2.51. The zero-order valence-corrected chi connectivity index (χ0v) is 9.44. The number of ketones is 1. The van der Waals surface area contributed by atoms with Crippen LogP contribution >= 0.6 is 0 Å². The van der Waals surface area contributed by atoms with Gasteiger partial charge in [0.15, 0.2) is 0 Å². The van der Waals surface area contributed by atoms with Crippen molar-refractivity contribution in [3.8, 4) is 0 Å². The number of imidazole rings is 1. The number of hydrogen-bond donors (Lipinski definition) is 1. The zero-order valence-electron chi connectivity index (χ0n) is 9.44. The minimum absolute atomic E-state index is 0.186. The van der Waals surface area contributed by atoms with Crippen LogP contribution in [0.1, 0.15) is 32.0 Å². The summed E-state index contributed by atoms with van der Waals surface area (Å²) in [6, 6.07) is 0.186. The summed E-state index contributed by atoms with van der Waals surface area (Å²) in [5, 5.41) is 0. The fraction of sp³-hybridized carbons (Fsp3) is 0.636. The van der Waals surface area contributed by atoms with Crippen molar-refractivity contribution in [2.45, 2.75) is 38.6 Å². The third-order valence-corrected chi connectivity index (χ3v) is 2.39. The molecule has 1 heterocycles. The second-order valence-electron chi connectivity index (χ2n) is 4.04. The molecular formula is C11H19N3O. The lowest BCUT2D eigenvalue weighted by molar-refractivity contribution is -0.118. The van der Waals surface area contributed by atoms with Gasteiger partial charge < -0.3 is 10.3 Å². The van der Waals surface area contributed by atoms with E-state index in [4.69, 9.17) is 5.73 Å². The molecule has 1 unspecified atom stereocenters. The molecule has 1 rings (SSSR count). The lowest BCUT2D eigenvalue weighted by atomic mass is 10.1. The number of carbonyl (C=O) groups excluding carboxylic acids is 1. The number of hydrogen-bond acceptors (Lipinski definition) is 3. The normalized spacial score (nSPS) is 12.7. The molecule has 1 atom stereocenters. The van der Waals surface area contributed by atoms with Crippen LogP contribution < -0.4 is 5.73 Å². The molecule has 2 N–H and O–H groups in total. The Hall–Kier alpha value is -1.16. The Morgan fingerprint density at radius 2 is 2.40 bits per heavy atom. The third kappa shape index (κ3) is 4.25. The van der Waals surface area contributed by atoms with Gasteiger partial charge in [-0.05, 0) is 19.8 Å². The Balaban J connectivity index is 2.28. The van der Waals surface area contributed by atoms with Gasteiger partial charge >= 0.3 is 0 Å². The molecule has 1 aromatic rings. The van der Waals surface area contributed by atoms with Gasteiger partial charge in [-0.2, -0.15) is 0 Å². The van der Waals surface area contributed by atoms with Gasteiger partial charge in [0.1, 0.15) is 11.6 Å². The molecule has 4 heteroatoms. The maximum Gasteiger partial charge on any atom is 0.140 e. The smallest absolute Gasteiger partial charge is 0.140 e. The van der Waals surface area contributed by atoms with Crippen LogP contribution in [0.3, 0.4) is 0 Å². The van der Waals surface area contributed by atoms with Crippen molar-refractivity contribution in [3.05, 3.63) is 18.2 Å². The summed E-state index contributed by atoms with van der Waals surface area (Å²) in [7, 11) is 1.90. The standard InChI is InChI=1S/C11H19N3O/c1-9(12)4-3-5-10(15)8-11-13-6-7-14(11)2/h6-7,9H,3-5,8,12H2,1-2H3. The summed E-state index contributed by atoms with van der Waals surface area (Å²) in [5.41, 5.74) is 5.61. The second kappa shape index (κ2) is 5.66. The first kappa shape index (κ1) is 11.9. The molecule has 4 nitrogen and oxygen atoms in total. The van der Waals surface area contributed by atoms with Crippen molar-refractivity contribution in [2.24, 2.45) is 12.8 Å². The predicted molar refractivity (Wildman–Crippen MR) is 59.4 cm³/mol. The number of carbonyl (C=O) groups is 1. The molecule has 0 radical (unpaired) electrons. The summed E-state index contributed by atoms with van der Waals surface area (Å²) in [6.45, 7) is 1.96. The first-order chi connectivity index (χ1) is 7.09. The lowest BCUT2D eigenvalue weighted by Crippen LogP contribution is -2.15. The Bertz CT molecular complexity index is 317. The molecule has 84 valence electrons. The van der Waals surface area contributed by atoms with Crippen molar-refractivity contribution < 1.29 is 4.79 Å². The van der Waals surface area contributed by atoms with Crippen molar-refractivity contribution in [3.63, 3.8) is 0 Å². The number of nitrogens with zero attached hydrogens (tertiary/aromatic N) is 2. The molecular weight excluding hydrogens is 190 g/mol. The first-order valence-corrected chi connectivity index (χ1v) is 5.33. The molecule has 0 saturated heterocycles. The number of Topliss-reactive ketones (excluding diaryl/α,β-unsaturated/α-hetero) is 1. The van der Waals surface area contributed by atoms with Crippen molar-refractivity contribution in [1.82, 2.24) is 9.55 Å². The van der Waals surface area contributed by atoms with E-state index in [0.717, 1.165) is 18.7 Å². The van der Waals surface area contributed by atoms with Gasteiger partial charge in [0, 0.05) is 31.9 Å². The Morgan fingerprint density at radius 1 is 1.67 bits per heavy atom. The van der Waals surface area contributed by atoms with Crippen LogP contribution in [0.15, 0.2) is 12.4 Å². The van der Waals surface area contributed by atoms with E-state index in [1.807, 2.05) is 24.7 Å². The minimum atomic E-state index is 0.186. The molecule has 0 fully saturated rings. The topological polar surface area (TPSA) is 60.9 Å². The van der Waals surface area contributed by atoms with E-state index in [-0.39, 0.29) is 11.8 Å². The number of aromatic nitrogens is 2. The van der Waals surface area contributed by atoms with Crippen LogP contribution in [0.5, 0.6) is 0 Å². The van der Waals surface area contributed by atoms with E-state index in [1.54, 1.807) is 6.20 Å². The summed E-state index contributed by atoms with van der Waals surface area (Å²) < 4.78 is 1.88. The molecule has 1 aromatic heterocycles. The van der Waals surface area contributed by atoms with Gasteiger partial charge in [-0.15, -0.1) is 0 Å². The van der Waals surface area contributed by atoms with Crippen LogP contribution in [0, 0.1) is 0 Å². The van der Waals surface area contributed by atoms with Gasteiger partial charge in [-0.25, -0.2) is 4.98 Å². The quantitative estimate of drug-likeness (QED) is 0.761. The molecule has 0 aliphatic carbocycles. The zero-order chi connectivity index (χ0) is 11.3.